The van der Waals surface area contributed by atoms with Crippen molar-refractivity contribution >= 4 is 35.8 Å². The lowest BCUT2D eigenvalue weighted by atomic mass is 10.1. The Balaban J connectivity index is 0.00000364. The maximum absolute atomic E-state index is 11.8. The number of furan rings is 1. The minimum absolute atomic E-state index is 0. The van der Waals surface area contributed by atoms with Gasteiger partial charge in [-0.3, -0.25) is 4.79 Å². The van der Waals surface area contributed by atoms with Crippen LogP contribution in [0.3, 0.4) is 0 Å². The van der Waals surface area contributed by atoms with Crippen LogP contribution in [-0.4, -0.2) is 50.5 Å². The number of carbonyl (C=O) groups is 1. The van der Waals surface area contributed by atoms with E-state index in [9.17, 15) is 4.79 Å². The number of carbonyl (C=O) groups excluding carboxylic acids is 1. The van der Waals surface area contributed by atoms with E-state index in [4.69, 9.17) is 4.42 Å². The first-order chi connectivity index (χ1) is 12.6. The molecule has 0 fully saturated rings. The van der Waals surface area contributed by atoms with Crippen LogP contribution in [0.5, 0.6) is 0 Å². The summed E-state index contributed by atoms with van der Waals surface area (Å²) in [7, 11) is 3.46. The number of halogens is 1. The molecule has 0 radical (unpaired) electrons. The molecule has 0 bridgehead atoms. The Morgan fingerprint density at radius 2 is 1.78 bits per heavy atom. The monoisotopic (exact) mass is 484 g/mol. The predicted molar refractivity (Wildman–Crippen MR) is 120 cm³/mol. The second kappa shape index (κ2) is 13.2. The fraction of sp³-hybridized carbons (Fsp3) is 0.400. The molecule has 0 aliphatic rings. The van der Waals surface area contributed by atoms with Gasteiger partial charge < -0.3 is 20.0 Å². The van der Waals surface area contributed by atoms with Gasteiger partial charge >= 0.3 is 0 Å². The van der Waals surface area contributed by atoms with Gasteiger partial charge in [0.1, 0.15) is 12.3 Å². The number of hydrogen-bond acceptors (Lipinski definition) is 3. The largest absolute Gasteiger partial charge is 0.469 e. The van der Waals surface area contributed by atoms with Crippen LogP contribution in [0.1, 0.15) is 17.7 Å². The zero-order valence-corrected chi connectivity index (χ0v) is 18.3. The van der Waals surface area contributed by atoms with Crippen molar-refractivity contribution in [3.63, 3.8) is 0 Å². The van der Waals surface area contributed by atoms with Crippen LogP contribution in [0, 0.1) is 0 Å². The van der Waals surface area contributed by atoms with Crippen LogP contribution in [0.15, 0.2) is 58.1 Å². The minimum Gasteiger partial charge on any atom is -0.469 e. The summed E-state index contributed by atoms with van der Waals surface area (Å²) < 4.78 is 5.33. The van der Waals surface area contributed by atoms with Gasteiger partial charge in [0.15, 0.2) is 5.96 Å². The maximum atomic E-state index is 11.8. The van der Waals surface area contributed by atoms with E-state index in [1.54, 1.807) is 25.3 Å². The smallest absolute Gasteiger partial charge is 0.243 e. The minimum atomic E-state index is -0.0265. The van der Waals surface area contributed by atoms with Gasteiger partial charge in [-0.05, 0) is 30.5 Å². The summed E-state index contributed by atoms with van der Waals surface area (Å²) in [4.78, 5) is 17.7. The van der Waals surface area contributed by atoms with Crippen molar-refractivity contribution in [2.75, 3.05) is 33.7 Å². The highest BCUT2D eigenvalue weighted by Crippen LogP contribution is 2.01. The summed E-state index contributed by atoms with van der Waals surface area (Å²) in [6.07, 6.45) is 4.43. The van der Waals surface area contributed by atoms with Crippen LogP contribution < -0.4 is 10.6 Å². The molecule has 0 aliphatic carbocycles. The number of aliphatic imine (C=N–C) groups is 1. The molecular weight excluding hydrogens is 455 g/mol. The van der Waals surface area contributed by atoms with E-state index in [0.717, 1.165) is 31.6 Å². The summed E-state index contributed by atoms with van der Waals surface area (Å²) in [6, 6.07) is 14.2. The first kappa shape index (κ1) is 23.0. The molecule has 0 saturated carbocycles. The average molecular weight is 484 g/mol. The molecule has 2 aromatic rings. The first-order valence-electron chi connectivity index (χ1n) is 8.94. The highest BCUT2D eigenvalue weighted by molar-refractivity contribution is 14.0. The van der Waals surface area contributed by atoms with Gasteiger partial charge in [0.25, 0.3) is 0 Å². The highest BCUT2D eigenvalue weighted by Gasteiger charge is 2.05. The second-order valence-electron chi connectivity index (χ2n) is 6.23. The highest BCUT2D eigenvalue weighted by atomic mass is 127. The third kappa shape index (κ3) is 9.46. The summed E-state index contributed by atoms with van der Waals surface area (Å²) in [6.45, 7) is 1.60. The molecular formula is C20H29IN4O2. The molecule has 6 nitrogen and oxygen atoms in total. The molecule has 1 aromatic carbocycles. The molecule has 1 heterocycles. The quantitative estimate of drug-likeness (QED) is 0.249. The number of nitrogens with zero attached hydrogens (tertiary/aromatic N) is 2. The third-order valence-electron chi connectivity index (χ3n) is 3.89. The molecule has 1 aromatic heterocycles. The molecule has 148 valence electrons. The van der Waals surface area contributed by atoms with E-state index < -0.39 is 0 Å². The molecule has 2 N–H and O–H groups in total. The van der Waals surface area contributed by atoms with Gasteiger partial charge in [-0.1, -0.05) is 30.3 Å². The van der Waals surface area contributed by atoms with Crippen molar-refractivity contribution in [1.29, 1.82) is 0 Å². The number of guanidine groups is 1. The number of hydrogen-bond donors (Lipinski definition) is 2. The van der Waals surface area contributed by atoms with Gasteiger partial charge in [-0.15, -0.1) is 24.0 Å². The Bertz CT molecular complexity index is 673. The number of likely N-dealkylation sites (N-methyl/N-ethyl adjacent to an activating group) is 1. The maximum Gasteiger partial charge on any atom is 0.243 e. The van der Waals surface area contributed by atoms with Crippen LogP contribution in [0.25, 0.3) is 0 Å². The Morgan fingerprint density at radius 3 is 2.44 bits per heavy atom. The lowest BCUT2D eigenvalue weighted by Crippen LogP contribution is -2.40. The number of rotatable bonds is 9. The second-order valence-corrected chi connectivity index (χ2v) is 6.23. The summed E-state index contributed by atoms with van der Waals surface area (Å²) >= 11 is 0. The summed E-state index contributed by atoms with van der Waals surface area (Å²) in [5, 5.41) is 6.56. The van der Waals surface area contributed by atoms with Crippen LogP contribution in [-0.2, 0) is 17.6 Å². The van der Waals surface area contributed by atoms with Gasteiger partial charge in [0.2, 0.25) is 5.91 Å². The van der Waals surface area contributed by atoms with Crippen molar-refractivity contribution in [2.24, 2.45) is 4.99 Å². The zero-order chi connectivity index (χ0) is 18.6. The molecule has 2 rings (SSSR count). The van der Waals surface area contributed by atoms with Crippen molar-refractivity contribution in [3.05, 3.63) is 60.1 Å². The average Bonchev–Trinajstić information content (AvgIpc) is 3.16. The van der Waals surface area contributed by atoms with Crippen molar-refractivity contribution < 1.29 is 9.21 Å². The molecule has 7 heteroatoms. The molecule has 1 amide bonds. The topological polar surface area (TPSA) is 69.9 Å². The Morgan fingerprint density at radius 1 is 1.04 bits per heavy atom. The SMILES string of the molecule is CN(C)C(=O)CN=C(NCCCc1ccccc1)NCCc1ccco1.I. The standard InChI is InChI=1S/C20H28N4O2.HI/c1-24(2)19(25)16-23-20(22-14-12-18-11-7-15-26-18)21-13-6-10-17-8-4-3-5-9-17;/h3-5,7-9,11,15H,6,10,12-14,16H2,1-2H3,(H2,21,22,23);1H. The van der Waals surface area contributed by atoms with E-state index in [1.807, 2.05) is 18.2 Å². The van der Waals surface area contributed by atoms with Crippen LogP contribution in [0.2, 0.25) is 0 Å². The van der Waals surface area contributed by atoms with E-state index in [2.05, 4.69) is 39.9 Å². The zero-order valence-electron chi connectivity index (χ0n) is 16.0. The summed E-state index contributed by atoms with van der Waals surface area (Å²) in [5.41, 5.74) is 1.32. The van der Waals surface area contributed by atoms with E-state index in [-0.39, 0.29) is 36.4 Å². The third-order valence-corrected chi connectivity index (χ3v) is 3.89. The molecule has 0 atom stereocenters. The van der Waals surface area contributed by atoms with E-state index in [1.165, 1.54) is 5.56 Å². The van der Waals surface area contributed by atoms with Gasteiger partial charge in [0, 0.05) is 33.6 Å². The van der Waals surface area contributed by atoms with E-state index in [0.29, 0.717) is 12.5 Å². The lowest BCUT2D eigenvalue weighted by molar-refractivity contribution is -0.127. The molecule has 0 saturated heterocycles. The molecule has 0 spiro atoms. The number of aryl methyl sites for hydroxylation is 1. The predicted octanol–water partition coefficient (Wildman–Crippen LogP) is 2.70. The van der Waals surface area contributed by atoms with Gasteiger partial charge in [0.05, 0.1) is 6.26 Å². The molecule has 27 heavy (non-hydrogen) atoms. The molecule has 0 aliphatic heterocycles. The normalized spacial score (nSPS) is 10.8. The van der Waals surface area contributed by atoms with Crippen molar-refractivity contribution in [3.8, 4) is 0 Å². The van der Waals surface area contributed by atoms with Crippen LogP contribution >= 0.6 is 24.0 Å². The lowest BCUT2D eigenvalue weighted by Gasteiger charge is -2.13. The Kier molecular flexibility index (Phi) is 11.2. The number of amides is 1. The fourth-order valence-electron chi connectivity index (χ4n) is 2.37. The van der Waals surface area contributed by atoms with Crippen molar-refractivity contribution in [2.45, 2.75) is 19.3 Å². The van der Waals surface area contributed by atoms with Crippen molar-refractivity contribution in [1.82, 2.24) is 15.5 Å². The summed E-state index contributed by atoms with van der Waals surface area (Å²) in [5.74, 6) is 1.55. The van der Waals surface area contributed by atoms with Crippen LogP contribution in [0.4, 0.5) is 0 Å². The number of benzene rings is 1. The number of nitrogens with one attached hydrogen (secondary N) is 2. The first-order valence-corrected chi connectivity index (χ1v) is 8.94. The molecule has 0 unspecified atom stereocenters. The fourth-order valence-corrected chi connectivity index (χ4v) is 2.37. The Labute approximate surface area is 178 Å². The van der Waals surface area contributed by atoms with Gasteiger partial charge in [-0.25, -0.2) is 4.99 Å². The Hall–Kier alpha value is -2.03. The van der Waals surface area contributed by atoms with Gasteiger partial charge in [-0.2, -0.15) is 0 Å². The van der Waals surface area contributed by atoms with E-state index >= 15 is 0 Å².